The maximum absolute atomic E-state index is 12.6. The Morgan fingerprint density at radius 2 is 1.90 bits per heavy atom. The quantitative estimate of drug-likeness (QED) is 0.489. The second-order valence-electron chi connectivity index (χ2n) is 8.93. The number of nitro groups is 1. The molecule has 0 saturated heterocycles. The summed E-state index contributed by atoms with van der Waals surface area (Å²) in [6.07, 6.45) is 2.14. The smallest absolute Gasteiger partial charge is 0.411 e. The van der Waals surface area contributed by atoms with E-state index in [0.717, 1.165) is 16.7 Å². The van der Waals surface area contributed by atoms with E-state index >= 15 is 0 Å². The van der Waals surface area contributed by atoms with Crippen molar-refractivity contribution in [2.75, 3.05) is 0 Å². The van der Waals surface area contributed by atoms with Crippen LogP contribution in [0.2, 0.25) is 0 Å². The first kappa shape index (κ1) is 22.7. The number of benzene rings is 1. The number of ether oxygens (including phenoxy) is 2. The number of nitrogens with zero attached hydrogens (tertiary/aromatic N) is 2. The highest BCUT2D eigenvalue weighted by molar-refractivity contribution is 5.76. The minimum Gasteiger partial charge on any atom is -0.484 e. The second-order valence-corrected chi connectivity index (χ2v) is 8.93. The van der Waals surface area contributed by atoms with Gasteiger partial charge in [0.15, 0.2) is 5.75 Å². The van der Waals surface area contributed by atoms with Crippen LogP contribution in [0, 0.1) is 17.0 Å². The molecule has 29 heavy (non-hydrogen) atoms. The Bertz CT molecular complexity index is 823. The van der Waals surface area contributed by atoms with Gasteiger partial charge in [0.2, 0.25) is 0 Å². The summed E-state index contributed by atoms with van der Waals surface area (Å²) in [6.45, 7) is 15.0. The first-order valence-electron chi connectivity index (χ1n) is 9.98. The van der Waals surface area contributed by atoms with Crippen LogP contribution in [0.5, 0.6) is 5.75 Å². The van der Waals surface area contributed by atoms with Crippen molar-refractivity contribution in [3.8, 4) is 5.75 Å². The number of hydrogen-bond acceptors (Lipinski definition) is 5. The number of carbonyl (C=O) groups is 1. The summed E-state index contributed by atoms with van der Waals surface area (Å²) in [5.41, 5.74) is 2.18. The number of aryl methyl sites for hydroxylation is 1. The zero-order valence-electron chi connectivity index (χ0n) is 18.6. The van der Waals surface area contributed by atoms with Crippen molar-refractivity contribution in [1.82, 2.24) is 4.90 Å². The summed E-state index contributed by atoms with van der Waals surface area (Å²) in [7, 11) is 0. The Balaban J connectivity index is 2.41. The average Bonchev–Trinajstić information content (AvgIpc) is 2.52. The fraction of sp³-hybridized carbons (Fsp3) is 0.591. The molecule has 0 aromatic heterocycles. The summed E-state index contributed by atoms with van der Waals surface area (Å²) in [5, 5.41) is 11.4. The molecule has 1 aromatic rings. The van der Waals surface area contributed by atoms with Crippen LogP contribution in [0.3, 0.4) is 0 Å². The lowest BCUT2D eigenvalue weighted by atomic mass is 9.89. The maximum atomic E-state index is 12.6. The fourth-order valence-electron chi connectivity index (χ4n) is 3.63. The predicted molar refractivity (Wildman–Crippen MR) is 113 cm³/mol. The lowest BCUT2D eigenvalue weighted by molar-refractivity contribution is -0.386. The zero-order valence-corrected chi connectivity index (χ0v) is 18.6. The molecule has 1 aliphatic heterocycles. The lowest BCUT2D eigenvalue weighted by Crippen LogP contribution is -2.48. The molecule has 2 rings (SSSR count). The Hall–Kier alpha value is -2.57. The molecule has 2 atom stereocenters. The number of nitro benzene ring substituents is 1. The highest BCUT2D eigenvalue weighted by atomic mass is 16.6. The van der Waals surface area contributed by atoms with Crippen molar-refractivity contribution in [2.24, 2.45) is 0 Å². The molecule has 0 N–H and O–H groups in total. The largest absolute Gasteiger partial charge is 0.484 e. The molecule has 0 bridgehead atoms. The van der Waals surface area contributed by atoms with Crippen molar-refractivity contribution >= 4 is 17.4 Å². The van der Waals surface area contributed by atoms with Crippen molar-refractivity contribution in [3.05, 3.63) is 39.4 Å². The minimum absolute atomic E-state index is 0.0344. The molecule has 1 heterocycles. The topological polar surface area (TPSA) is 81.9 Å². The van der Waals surface area contributed by atoms with Crippen LogP contribution in [-0.2, 0) is 4.74 Å². The number of rotatable bonds is 4. The van der Waals surface area contributed by atoms with Crippen molar-refractivity contribution in [1.29, 1.82) is 0 Å². The highest BCUT2D eigenvalue weighted by Crippen LogP contribution is 2.38. The van der Waals surface area contributed by atoms with E-state index < -0.39 is 10.5 Å². The van der Waals surface area contributed by atoms with Gasteiger partial charge in [-0.3, -0.25) is 15.0 Å². The number of hydrogen-bond donors (Lipinski definition) is 0. The van der Waals surface area contributed by atoms with Gasteiger partial charge in [0.25, 0.3) is 0 Å². The van der Waals surface area contributed by atoms with E-state index in [1.807, 2.05) is 61.5 Å². The summed E-state index contributed by atoms with van der Waals surface area (Å²) < 4.78 is 11.3. The summed E-state index contributed by atoms with van der Waals surface area (Å²) in [5.74, 6) is 0.265. The van der Waals surface area contributed by atoms with Crippen LogP contribution in [0.25, 0.3) is 5.57 Å². The van der Waals surface area contributed by atoms with E-state index in [-0.39, 0.29) is 35.7 Å². The third-order valence-corrected chi connectivity index (χ3v) is 4.69. The van der Waals surface area contributed by atoms with E-state index in [4.69, 9.17) is 9.47 Å². The van der Waals surface area contributed by atoms with Gasteiger partial charge in [-0.05, 0) is 84.6 Å². The lowest BCUT2D eigenvalue weighted by Gasteiger charge is -2.39. The Morgan fingerprint density at radius 3 is 2.38 bits per heavy atom. The molecule has 2 unspecified atom stereocenters. The standard InChI is InChI=1S/C22H32N2O5/c1-13(2)28-20-12-18(14(3)9-19(20)24(26)27)17-10-15(4)23(16(5)11-17)21(25)29-22(6,7)8/h9-10,12-13,15-16H,11H2,1-8H3. The van der Waals surface area contributed by atoms with Gasteiger partial charge in [0, 0.05) is 12.1 Å². The van der Waals surface area contributed by atoms with E-state index in [1.54, 1.807) is 17.0 Å². The van der Waals surface area contributed by atoms with Gasteiger partial charge in [-0.2, -0.15) is 0 Å². The van der Waals surface area contributed by atoms with Gasteiger partial charge in [-0.1, -0.05) is 6.08 Å². The highest BCUT2D eigenvalue weighted by Gasteiger charge is 2.33. The van der Waals surface area contributed by atoms with Gasteiger partial charge in [0.05, 0.1) is 17.1 Å². The van der Waals surface area contributed by atoms with E-state index in [0.29, 0.717) is 6.42 Å². The molecular formula is C22H32N2O5. The molecule has 0 radical (unpaired) electrons. The molecular weight excluding hydrogens is 372 g/mol. The molecule has 1 aliphatic rings. The van der Waals surface area contributed by atoms with Crippen LogP contribution in [0.1, 0.15) is 66.0 Å². The Kier molecular flexibility index (Phi) is 6.60. The number of amides is 1. The first-order valence-corrected chi connectivity index (χ1v) is 9.98. The van der Waals surface area contributed by atoms with E-state index in [2.05, 4.69) is 0 Å². The van der Waals surface area contributed by atoms with E-state index in [1.165, 1.54) is 0 Å². The molecule has 0 spiro atoms. The first-order chi connectivity index (χ1) is 13.3. The molecule has 160 valence electrons. The van der Waals surface area contributed by atoms with Crippen LogP contribution in [-0.4, -0.2) is 39.7 Å². The SMILES string of the molecule is Cc1cc([N+](=O)[O-])c(OC(C)C)cc1C1=CC(C)N(C(=O)OC(C)(C)C)C(C)C1. The fourth-order valence-corrected chi connectivity index (χ4v) is 3.63. The minimum atomic E-state index is -0.557. The Labute approximate surface area is 172 Å². The van der Waals surface area contributed by atoms with Crippen molar-refractivity contribution in [2.45, 2.75) is 85.6 Å². The van der Waals surface area contributed by atoms with Crippen LogP contribution in [0.4, 0.5) is 10.5 Å². The van der Waals surface area contributed by atoms with Crippen molar-refractivity contribution in [3.63, 3.8) is 0 Å². The number of carbonyl (C=O) groups excluding carboxylic acids is 1. The summed E-state index contributed by atoms with van der Waals surface area (Å²) >= 11 is 0. The van der Waals surface area contributed by atoms with Crippen LogP contribution >= 0.6 is 0 Å². The van der Waals surface area contributed by atoms with Gasteiger partial charge in [-0.15, -0.1) is 0 Å². The monoisotopic (exact) mass is 404 g/mol. The van der Waals surface area contributed by atoms with Gasteiger partial charge >= 0.3 is 11.8 Å². The molecule has 1 amide bonds. The third kappa shape index (κ3) is 5.49. The van der Waals surface area contributed by atoms with Gasteiger partial charge in [-0.25, -0.2) is 4.79 Å². The Morgan fingerprint density at radius 1 is 1.28 bits per heavy atom. The maximum Gasteiger partial charge on any atom is 0.411 e. The average molecular weight is 405 g/mol. The molecule has 0 saturated carbocycles. The molecule has 7 heteroatoms. The normalized spacial score (nSPS) is 19.8. The van der Waals surface area contributed by atoms with Crippen LogP contribution in [0.15, 0.2) is 18.2 Å². The molecule has 0 aliphatic carbocycles. The van der Waals surface area contributed by atoms with Crippen molar-refractivity contribution < 1.29 is 19.2 Å². The van der Waals surface area contributed by atoms with E-state index in [9.17, 15) is 14.9 Å². The third-order valence-electron chi connectivity index (χ3n) is 4.69. The molecule has 7 nitrogen and oxygen atoms in total. The summed E-state index contributed by atoms with van der Waals surface area (Å²) in [6, 6.07) is 3.09. The zero-order chi connectivity index (χ0) is 22.1. The van der Waals surface area contributed by atoms with Crippen LogP contribution < -0.4 is 4.74 Å². The molecule has 0 fully saturated rings. The predicted octanol–water partition coefficient (Wildman–Crippen LogP) is 5.49. The summed E-state index contributed by atoms with van der Waals surface area (Å²) in [4.78, 5) is 25.4. The molecule has 1 aromatic carbocycles. The van der Waals surface area contributed by atoms with Gasteiger partial charge in [0.1, 0.15) is 5.60 Å². The second kappa shape index (κ2) is 8.43. The van der Waals surface area contributed by atoms with Gasteiger partial charge < -0.3 is 9.47 Å².